The van der Waals surface area contributed by atoms with Crippen molar-refractivity contribution in [2.45, 2.75) is 39.2 Å². The van der Waals surface area contributed by atoms with Crippen LogP contribution in [0.5, 0.6) is 0 Å². The molecule has 2 heterocycles. The van der Waals surface area contributed by atoms with Gasteiger partial charge in [0.2, 0.25) is 0 Å². The summed E-state index contributed by atoms with van der Waals surface area (Å²) in [6, 6.07) is 0.497. The van der Waals surface area contributed by atoms with E-state index in [-0.39, 0.29) is 6.42 Å². The highest BCUT2D eigenvalue weighted by atomic mass is 32.2. The lowest BCUT2D eigenvalue weighted by molar-refractivity contribution is -0.136. The maximum Gasteiger partial charge on any atom is 0.303 e. The Morgan fingerprint density at radius 2 is 2.35 bits per heavy atom. The molecule has 4 nitrogen and oxygen atoms in total. The number of carbonyl (C=O) groups is 1. The maximum absolute atomic E-state index is 10.6. The number of carboxylic acids is 1. The van der Waals surface area contributed by atoms with Crippen molar-refractivity contribution in [3.8, 4) is 0 Å². The number of hydrogen-bond acceptors (Lipinski definition) is 3. The lowest BCUT2D eigenvalue weighted by atomic mass is 10.1. The quantitative estimate of drug-likeness (QED) is 0.895. The second kappa shape index (κ2) is 5.12. The number of hydrogen-bond donors (Lipinski definition) is 1. The number of aliphatic carboxylic acids is 1. The molecule has 1 atom stereocenters. The van der Waals surface area contributed by atoms with Crippen LogP contribution in [0.25, 0.3) is 0 Å². The van der Waals surface area contributed by atoms with Gasteiger partial charge in [-0.3, -0.25) is 9.48 Å². The Labute approximate surface area is 105 Å². The molecular formula is C12H18N2O2S. The van der Waals surface area contributed by atoms with Gasteiger partial charge in [0.15, 0.2) is 0 Å². The fraction of sp³-hybridized carbons (Fsp3) is 0.667. The summed E-state index contributed by atoms with van der Waals surface area (Å²) in [6.45, 7) is 4.03. The van der Waals surface area contributed by atoms with E-state index in [2.05, 4.69) is 16.7 Å². The predicted octanol–water partition coefficient (Wildman–Crippen LogP) is 2.20. The maximum atomic E-state index is 10.6. The van der Waals surface area contributed by atoms with Crippen molar-refractivity contribution in [2.24, 2.45) is 0 Å². The van der Waals surface area contributed by atoms with Gasteiger partial charge in [-0.05, 0) is 38.0 Å². The van der Waals surface area contributed by atoms with E-state index in [1.807, 2.05) is 18.7 Å². The topological polar surface area (TPSA) is 55.1 Å². The smallest absolute Gasteiger partial charge is 0.303 e. The van der Waals surface area contributed by atoms with Crippen molar-refractivity contribution in [3.05, 3.63) is 17.0 Å². The summed E-state index contributed by atoms with van der Waals surface area (Å²) in [5.41, 5.74) is 3.25. The number of nitrogens with zero attached hydrogens (tertiary/aromatic N) is 2. The van der Waals surface area contributed by atoms with Crippen LogP contribution in [0.1, 0.15) is 35.8 Å². The van der Waals surface area contributed by atoms with E-state index in [0.717, 1.165) is 22.7 Å². The van der Waals surface area contributed by atoms with Crippen LogP contribution in [0, 0.1) is 13.8 Å². The minimum atomic E-state index is -0.743. The van der Waals surface area contributed by atoms with Gasteiger partial charge in [-0.1, -0.05) is 0 Å². The number of rotatable bonds is 4. The van der Waals surface area contributed by atoms with Crippen molar-refractivity contribution in [1.82, 2.24) is 9.78 Å². The molecule has 0 amide bonds. The predicted molar refractivity (Wildman–Crippen MR) is 68.6 cm³/mol. The van der Waals surface area contributed by atoms with Crippen LogP contribution in [0.2, 0.25) is 0 Å². The highest BCUT2D eigenvalue weighted by Gasteiger charge is 2.22. The lowest BCUT2D eigenvalue weighted by Gasteiger charge is -2.11. The molecule has 1 saturated heterocycles. The Bertz CT molecular complexity index is 422. The van der Waals surface area contributed by atoms with Crippen molar-refractivity contribution >= 4 is 17.7 Å². The van der Waals surface area contributed by atoms with Gasteiger partial charge >= 0.3 is 5.97 Å². The molecule has 94 valence electrons. The van der Waals surface area contributed by atoms with Gasteiger partial charge in [-0.25, -0.2) is 0 Å². The number of aromatic nitrogens is 2. The van der Waals surface area contributed by atoms with E-state index < -0.39 is 5.97 Å². The standard InChI is InChI=1S/C12H18N2O2S/c1-8-11(3-4-12(15)16)9(2)14(13-8)10-5-6-17-7-10/h10H,3-7H2,1-2H3,(H,15,16). The molecule has 0 aliphatic carbocycles. The molecule has 2 rings (SSSR count). The van der Waals surface area contributed by atoms with Crippen molar-refractivity contribution in [3.63, 3.8) is 0 Å². The molecule has 1 unspecified atom stereocenters. The van der Waals surface area contributed by atoms with Gasteiger partial charge in [0.05, 0.1) is 11.7 Å². The summed E-state index contributed by atoms with van der Waals surface area (Å²) in [4.78, 5) is 10.6. The molecule has 17 heavy (non-hydrogen) atoms. The molecule has 5 heteroatoms. The van der Waals surface area contributed by atoms with E-state index in [1.165, 1.54) is 12.2 Å². The zero-order valence-corrected chi connectivity index (χ0v) is 11.1. The third kappa shape index (κ3) is 2.65. The first-order valence-corrected chi connectivity index (χ1v) is 7.09. The van der Waals surface area contributed by atoms with Crippen molar-refractivity contribution in [1.29, 1.82) is 0 Å². The highest BCUT2D eigenvalue weighted by molar-refractivity contribution is 7.99. The van der Waals surface area contributed by atoms with Gasteiger partial charge in [-0.2, -0.15) is 16.9 Å². The first-order valence-electron chi connectivity index (χ1n) is 5.93. The minimum absolute atomic E-state index is 0.187. The molecule has 0 radical (unpaired) electrons. The molecule has 1 aliphatic heterocycles. The van der Waals surface area contributed by atoms with Crippen LogP contribution in [-0.4, -0.2) is 32.4 Å². The van der Waals surface area contributed by atoms with Crippen LogP contribution in [-0.2, 0) is 11.2 Å². The largest absolute Gasteiger partial charge is 0.481 e. The first-order chi connectivity index (χ1) is 8.09. The average Bonchev–Trinajstić information content (AvgIpc) is 2.85. The van der Waals surface area contributed by atoms with E-state index in [1.54, 1.807) is 0 Å². The lowest BCUT2D eigenvalue weighted by Crippen LogP contribution is -2.11. The molecule has 1 aromatic rings. The molecule has 0 saturated carbocycles. The monoisotopic (exact) mass is 254 g/mol. The molecule has 1 fully saturated rings. The van der Waals surface area contributed by atoms with E-state index >= 15 is 0 Å². The molecule has 0 aromatic carbocycles. The number of carboxylic acid groups (broad SMARTS) is 1. The van der Waals surface area contributed by atoms with Crippen LogP contribution in [0.3, 0.4) is 0 Å². The Morgan fingerprint density at radius 3 is 2.94 bits per heavy atom. The number of thioether (sulfide) groups is 1. The van der Waals surface area contributed by atoms with Crippen LogP contribution >= 0.6 is 11.8 Å². The van der Waals surface area contributed by atoms with E-state index in [0.29, 0.717) is 12.5 Å². The molecule has 1 aromatic heterocycles. The summed E-state index contributed by atoms with van der Waals surface area (Å²) in [5, 5.41) is 13.3. The van der Waals surface area contributed by atoms with Crippen LogP contribution < -0.4 is 0 Å². The van der Waals surface area contributed by atoms with Gasteiger partial charge in [-0.15, -0.1) is 0 Å². The summed E-state index contributed by atoms with van der Waals surface area (Å²) in [6.07, 6.45) is 1.95. The molecule has 1 N–H and O–H groups in total. The Hall–Kier alpha value is -0.970. The van der Waals surface area contributed by atoms with Gasteiger partial charge in [0, 0.05) is 17.9 Å². The fourth-order valence-corrected chi connectivity index (χ4v) is 3.55. The van der Waals surface area contributed by atoms with Crippen LogP contribution in [0.4, 0.5) is 0 Å². The molecule has 1 aliphatic rings. The summed E-state index contributed by atoms with van der Waals surface area (Å²) >= 11 is 1.96. The zero-order valence-electron chi connectivity index (χ0n) is 10.3. The zero-order chi connectivity index (χ0) is 12.4. The number of aryl methyl sites for hydroxylation is 1. The molecule has 0 spiro atoms. The average molecular weight is 254 g/mol. The third-order valence-electron chi connectivity index (χ3n) is 3.32. The second-order valence-corrected chi connectivity index (χ2v) is 5.65. The summed E-state index contributed by atoms with van der Waals surface area (Å²) < 4.78 is 2.10. The third-order valence-corrected chi connectivity index (χ3v) is 4.46. The van der Waals surface area contributed by atoms with Crippen molar-refractivity contribution < 1.29 is 9.90 Å². The Balaban J connectivity index is 2.18. The second-order valence-electron chi connectivity index (χ2n) is 4.51. The van der Waals surface area contributed by atoms with E-state index in [9.17, 15) is 4.79 Å². The van der Waals surface area contributed by atoms with Crippen molar-refractivity contribution in [2.75, 3.05) is 11.5 Å². The van der Waals surface area contributed by atoms with Gasteiger partial charge in [0.1, 0.15) is 0 Å². The van der Waals surface area contributed by atoms with Crippen LogP contribution in [0.15, 0.2) is 0 Å². The molecule has 0 bridgehead atoms. The van der Waals surface area contributed by atoms with Gasteiger partial charge in [0.25, 0.3) is 0 Å². The van der Waals surface area contributed by atoms with Gasteiger partial charge < -0.3 is 5.11 Å². The summed E-state index contributed by atoms with van der Waals surface area (Å²) in [7, 11) is 0. The first kappa shape index (κ1) is 12.5. The SMILES string of the molecule is Cc1nn(C2CCSC2)c(C)c1CCC(=O)O. The molecular weight excluding hydrogens is 236 g/mol. The normalized spacial score (nSPS) is 19.8. The van der Waals surface area contributed by atoms with E-state index in [4.69, 9.17) is 5.11 Å². The minimum Gasteiger partial charge on any atom is -0.481 e. The Kier molecular flexibility index (Phi) is 3.76. The Morgan fingerprint density at radius 1 is 1.59 bits per heavy atom. The highest BCUT2D eigenvalue weighted by Crippen LogP contribution is 2.30. The summed E-state index contributed by atoms with van der Waals surface area (Å²) in [5.74, 6) is 1.58. The fourth-order valence-electron chi connectivity index (χ4n) is 2.36.